The summed E-state index contributed by atoms with van der Waals surface area (Å²) < 4.78 is 31.3. The molecule has 0 saturated heterocycles. The molecule has 0 saturated carbocycles. The number of hydrogen-bond acceptors (Lipinski definition) is 4. The van der Waals surface area contributed by atoms with Crippen molar-refractivity contribution in [3.05, 3.63) is 48.4 Å². The summed E-state index contributed by atoms with van der Waals surface area (Å²) in [4.78, 5) is 0.0703. The first-order valence-corrected chi connectivity index (χ1v) is 7.29. The van der Waals surface area contributed by atoms with Gasteiger partial charge in [0, 0.05) is 6.54 Å². The Morgan fingerprint density at radius 2 is 2.05 bits per heavy atom. The monoisotopic (exact) mass is 281 g/mol. The first kappa shape index (κ1) is 13.6. The molecule has 0 atom stereocenters. The fourth-order valence-electron chi connectivity index (χ4n) is 1.74. The molecule has 1 aromatic heterocycles. The lowest BCUT2D eigenvalue weighted by Gasteiger charge is -2.19. The van der Waals surface area contributed by atoms with Crippen molar-refractivity contribution in [1.29, 1.82) is 0 Å². The van der Waals surface area contributed by atoms with Gasteiger partial charge in [0.1, 0.15) is 11.5 Å². The topological polar surface area (TPSA) is 70.8 Å². The van der Waals surface area contributed by atoms with Crippen molar-refractivity contribution >= 4 is 10.0 Å². The minimum atomic E-state index is -3.64. The van der Waals surface area contributed by atoms with Crippen LogP contribution in [0, 0.1) is 0 Å². The molecule has 1 N–H and O–H groups in total. The second-order valence-corrected chi connectivity index (χ2v) is 5.95. The highest BCUT2D eigenvalue weighted by molar-refractivity contribution is 7.89. The Morgan fingerprint density at radius 1 is 1.26 bits per heavy atom. The van der Waals surface area contributed by atoms with E-state index < -0.39 is 10.0 Å². The van der Waals surface area contributed by atoms with Crippen molar-refractivity contribution < 1.29 is 17.9 Å². The molecule has 0 aliphatic rings. The third-order valence-electron chi connectivity index (χ3n) is 2.72. The molecule has 0 fully saturated rings. The summed E-state index contributed by atoms with van der Waals surface area (Å²) >= 11 is 0. The number of furan rings is 1. The third kappa shape index (κ3) is 2.97. The first-order valence-electron chi connectivity index (χ1n) is 5.85. The van der Waals surface area contributed by atoms with Crippen LogP contribution in [0.1, 0.15) is 12.7 Å². The molecule has 1 aromatic carbocycles. The highest BCUT2D eigenvalue weighted by atomic mass is 32.2. The molecule has 0 aliphatic heterocycles. The van der Waals surface area contributed by atoms with Gasteiger partial charge in [0.2, 0.25) is 10.0 Å². The summed E-state index contributed by atoms with van der Waals surface area (Å²) in [5.74, 6) is 0.501. The van der Waals surface area contributed by atoms with Gasteiger partial charge in [-0.05, 0) is 30.3 Å². The van der Waals surface area contributed by atoms with Crippen LogP contribution in [0.15, 0.2) is 52.0 Å². The van der Waals surface area contributed by atoms with Gasteiger partial charge >= 0.3 is 0 Å². The van der Waals surface area contributed by atoms with Crippen LogP contribution < -0.4 is 0 Å². The number of hydrogen-bond donors (Lipinski definition) is 1. The Bertz CT molecular complexity index is 634. The average Bonchev–Trinajstić information content (AvgIpc) is 2.88. The summed E-state index contributed by atoms with van der Waals surface area (Å²) in [5, 5.41) is 9.39. The van der Waals surface area contributed by atoms with Crippen molar-refractivity contribution in [1.82, 2.24) is 4.31 Å². The van der Waals surface area contributed by atoms with Crippen molar-refractivity contribution in [3.8, 4) is 5.75 Å². The van der Waals surface area contributed by atoms with E-state index in [1.807, 2.05) is 0 Å². The molecule has 1 heterocycles. The lowest BCUT2D eigenvalue weighted by Crippen LogP contribution is -2.30. The summed E-state index contributed by atoms with van der Waals surface area (Å²) in [7, 11) is -3.64. The SMILES string of the molecule is CCN(Cc1ccco1)S(=O)(=O)c1cccc(O)c1. The molecule has 0 bridgehead atoms. The van der Waals surface area contributed by atoms with E-state index in [2.05, 4.69) is 0 Å². The van der Waals surface area contributed by atoms with Crippen molar-refractivity contribution in [2.75, 3.05) is 6.54 Å². The van der Waals surface area contributed by atoms with E-state index in [1.165, 1.54) is 34.8 Å². The smallest absolute Gasteiger partial charge is 0.243 e. The number of rotatable bonds is 5. The van der Waals surface area contributed by atoms with E-state index in [1.54, 1.807) is 19.1 Å². The molecule has 2 rings (SSSR count). The van der Waals surface area contributed by atoms with Crippen LogP contribution in [-0.2, 0) is 16.6 Å². The number of nitrogens with zero attached hydrogens (tertiary/aromatic N) is 1. The van der Waals surface area contributed by atoms with Gasteiger partial charge in [-0.25, -0.2) is 8.42 Å². The average molecular weight is 281 g/mol. The zero-order chi connectivity index (χ0) is 13.9. The summed E-state index contributed by atoms with van der Waals surface area (Å²) in [6, 6.07) is 9.07. The molecular formula is C13H15NO4S. The van der Waals surface area contributed by atoms with Crippen molar-refractivity contribution in [2.24, 2.45) is 0 Å². The Labute approximate surface area is 112 Å². The number of phenols is 1. The maximum absolute atomic E-state index is 12.4. The predicted octanol–water partition coefficient (Wildman–Crippen LogP) is 2.20. The van der Waals surface area contributed by atoms with E-state index in [0.29, 0.717) is 12.3 Å². The normalized spacial score (nSPS) is 11.9. The fraction of sp³-hybridized carbons (Fsp3) is 0.231. The van der Waals surface area contributed by atoms with E-state index in [4.69, 9.17) is 4.42 Å². The molecule has 6 heteroatoms. The Morgan fingerprint density at radius 3 is 2.63 bits per heavy atom. The lowest BCUT2D eigenvalue weighted by atomic mass is 10.3. The molecular weight excluding hydrogens is 266 g/mol. The minimum Gasteiger partial charge on any atom is -0.508 e. The van der Waals surface area contributed by atoms with Crippen LogP contribution >= 0.6 is 0 Å². The molecule has 0 unspecified atom stereocenters. The molecule has 2 aromatic rings. The van der Waals surface area contributed by atoms with Crippen LogP contribution in [0.4, 0.5) is 0 Å². The van der Waals surface area contributed by atoms with Gasteiger partial charge in [-0.1, -0.05) is 13.0 Å². The van der Waals surface area contributed by atoms with Gasteiger partial charge in [0.25, 0.3) is 0 Å². The molecule has 0 radical (unpaired) electrons. The fourth-order valence-corrected chi connectivity index (χ4v) is 3.19. The second-order valence-electron chi connectivity index (χ2n) is 4.01. The summed E-state index contributed by atoms with van der Waals surface area (Å²) in [6.45, 7) is 2.24. The molecule has 0 amide bonds. The van der Waals surface area contributed by atoms with Gasteiger partial charge in [0.05, 0.1) is 17.7 Å². The maximum atomic E-state index is 12.4. The molecule has 0 aliphatic carbocycles. The van der Waals surface area contributed by atoms with E-state index in [9.17, 15) is 13.5 Å². The highest BCUT2D eigenvalue weighted by Crippen LogP contribution is 2.21. The number of phenolic OH excluding ortho intramolecular Hbond substituents is 1. The molecule has 102 valence electrons. The number of benzene rings is 1. The predicted molar refractivity (Wildman–Crippen MR) is 70.1 cm³/mol. The highest BCUT2D eigenvalue weighted by Gasteiger charge is 2.24. The molecule has 19 heavy (non-hydrogen) atoms. The zero-order valence-corrected chi connectivity index (χ0v) is 11.3. The van der Waals surface area contributed by atoms with E-state index in [0.717, 1.165) is 0 Å². The van der Waals surface area contributed by atoms with Gasteiger partial charge < -0.3 is 9.52 Å². The van der Waals surface area contributed by atoms with Crippen LogP contribution in [0.3, 0.4) is 0 Å². The largest absolute Gasteiger partial charge is 0.508 e. The van der Waals surface area contributed by atoms with Crippen LogP contribution in [0.5, 0.6) is 5.75 Å². The number of aromatic hydroxyl groups is 1. The second kappa shape index (κ2) is 5.46. The summed E-state index contributed by atoms with van der Waals surface area (Å²) in [5.41, 5.74) is 0. The van der Waals surface area contributed by atoms with Gasteiger partial charge in [-0.2, -0.15) is 4.31 Å². The maximum Gasteiger partial charge on any atom is 0.243 e. The summed E-state index contributed by atoms with van der Waals surface area (Å²) in [6.07, 6.45) is 1.50. The lowest BCUT2D eigenvalue weighted by molar-refractivity contribution is 0.375. The Kier molecular flexibility index (Phi) is 3.92. The number of sulfonamides is 1. The van der Waals surface area contributed by atoms with Gasteiger partial charge in [-0.3, -0.25) is 0 Å². The van der Waals surface area contributed by atoms with Crippen LogP contribution in [-0.4, -0.2) is 24.4 Å². The van der Waals surface area contributed by atoms with Gasteiger partial charge in [-0.15, -0.1) is 0 Å². The van der Waals surface area contributed by atoms with E-state index in [-0.39, 0.29) is 17.2 Å². The van der Waals surface area contributed by atoms with Crippen LogP contribution in [0.25, 0.3) is 0 Å². The van der Waals surface area contributed by atoms with Gasteiger partial charge in [0.15, 0.2) is 0 Å². The minimum absolute atomic E-state index is 0.0703. The third-order valence-corrected chi connectivity index (χ3v) is 4.64. The first-order chi connectivity index (χ1) is 9.04. The quantitative estimate of drug-likeness (QED) is 0.912. The Hall–Kier alpha value is -1.79. The van der Waals surface area contributed by atoms with Crippen molar-refractivity contribution in [3.63, 3.8) is 0 Å². The Balaban J connectivity index is 2.31. The molecule has 5 nitrogen and oxygen atoms in total. The zero-order valence-electron chi connectivity index (χ0n) is 10.5. The molecule has 0 spiro atoms. The van der Waals surface area contributed by atoms with Crippen LogP contribution in [0.2, 0.25) is 0 Å². The standard InChI is InChI=1S/C13H15NO4S/c1-2-14(10-12-6-4-8-18-12)19(16,17)13-7-3-5-11(15)9-13/h3-9,15H,2,10H2,1H3. The van der Waals surface area contributed by atoms with E-state index >= 15 is 0 Å². The van der Waals surface area contributed by atoms with Crippen molar-refractivity contribution in [2.45, 2.75) is 18.4 Å².